The van der Waals surface area contributed by atoms with Crippen LogP contribution in [-0.4, -0.2) is 39.8 Å². The van der Waals surface area contributed by atoms with Crippen LogP contribution in [0, 0.1) is 0 Å². The number of rotatable bonds is 4. The predicted octanol–water partition coefficient (Wildman–Crippen LogP) is 4.79. The summed E-state index contributed by atoms with van der Waals surface area (Å²) in [5.41, 5.74) is 4.17. The van der Waals surface area contributed by atoms with E-state index in [0.29, 0.717) is 22.5 Å². The quantitative estimate of drug-likeness (QED) is 0.513. The highest BCUT2D eigenvalue weighted by Crippen LogP contribution is 2.25. The van der Waals surface area contributed by atoms with Crippen molar-refractivity contribution in [3.8, 4) is 11.3 Å². The fourth-order valence-electron chi connectivity index (χ4n) is 4.03. The highest BCUT2D eigenvalue weighted by molar-refractivity contribution is 6.13. The Labute approximate surface area is 185 Å². The molecule has 1 N–H and O–H groups in total. The van der Waals surface area contributed by atoms with E-state index in [1.165, 1.54) is 0 Å². The van der Waals surface area contributed by atoms with Crippen molar-refractivity contribution in [1.29, 1.82) is 0 Å². The number of amides is 2. The van der Waals surface area contributed by atoms with Crippen molar-refractivity contribution >= 4 is 28.4 Å². The van der Waals surface area contributed by atoms with Gasteiger partial charge in [0.25, 0.3) is 11.8 Å². The van der Waals surface area contributed by atoms with Gasteiger partial charge in [-0.05, 0) is 61.4 Å². The van der Waals surface area contributed by atoms with Crippen molar-refractivity contribution in [3.05, 3.63) is 90.3 Å². The molecule has 1 aliphatic rings. The predicted molar refractivity (Wildman–Crippen MR) is 125 cm³/mol. The maximum Gasteiger partial charge on any atom is 0.256 e. The molecule has 0 saturated carbocycles. The second-order valence-electron chi connectivity index (χ2n) is 7.84. The number of para-hydroxylation sites is 1. The maximum atomic E-state index is 13.2. The van der Waals surface area contributed by atoms with Gasteiger partial charge in [-0.25, -0.2) is 4.98 Å². The number of anilines is 1. The molecular weight excluding hydrogens is 400 g/mol. The third kappa shape index (κ3) is 3.95. The maximum absolute atomic E-state index is 13.2. The zero-order chi connectivity index (χ0) is 21.9. The number of likely N-dealkylation sites (tertiary alicyclic amines) is 1. The summed E-state index contributed by atoms with van der Waals surface area (Å²) < 4.78 is 0. The molecule has 0 radical (unpaired) electrons. The lowest BCUT2D eigenvalue weighted by Crippen LogP contribution is -2.27. The second-order valence-corrected chi connectivity index (χ2v) is 7.84. The van der Waals surface area contributed by atoms with E-state index in [-0.39, 0.29) is 11.8 Å². The first-order valence-corrected chi connectivity index (χ1v) is 10.7. The van der Waals surface area contributed by atoms with Gasteiger partial charge in [0, 0.05) is 47.7 Å². The number of nitrogens with zero attached hydrogens (tertiary/aromatic N) is 3. The van der Waals surface area contributed by atoms with E-state index in [1.54, 1.807) is 42.7 Å². The molecule has 0 unspecified atom stereocenters. The average Bonchev–Trinajstić information content (AvgIpc) is 3.39. The Morgan fingerprint density at radius 2 is 1.59 bits per heavy atom. The van der Waals surface area contributed by atoms with Gasteiger partial charge in [0.1, 0.15) is 0 Å². The molecule has 6 heteroatoms. The van der Waals surface area contributed by atoms with Crippen LogP contribution in [0.5, 0.6) is 0 Å². The molecule has 158 valence electrons. The van der Waals surface area contributed by atoms with Gasteiger partial charge in [-0.2, -0.15) is 0 Å². The van der Waals surface area contributed by atoms with E-state index in [4.69, 9.17) is 4.98 Å². The van der Waals surface area contributed by atoms with Crippen molar-refractivity contribution in [3.63, 3.8) is 0 Å². The zero-order valence-electron chi connectivity index (χ0n) is 17.5. The smallest absolute Gasteiger partial charge is 0.256 e. The third-order valence-electron chi connectivity index (χ3n) is 5.72. The molecule has 4 aromatic rings. The first kappa shape index (κ1) is 19.9. The summed E-state index contributed by atoms with van der Waals surface area (Å²) in [4.78, 5) is 36.4. The van der Waals surface area contributed by atoms with Crippen LogP contribution in [0.2, 0.25) is 0 Å². The summed E-state index contributed by atoms with van der Waals surface area (Å²) in [7, 11) is 0. The van der Waals surface area contributed by atoms with Crippen LogP contribution in [0.3, 0.4) is 0 Å². The highest BCUT2D eigenvalue weighted by Gasteiger charge is 2.19. The van der Waals surface area contributed by atoms with Gasteiger partial charge >= 0.3 is 0 Å². The Bertz CT molecular complexity index is 1280. The largest absolute Gasteiger partial charge is 0.339 e. The number of fused-ring (bicyclic) bond motifs is 1. The zero-order valence-corrected chi connectivity index (χ0v) is 17.5. The van der Waals surface area contributed by atoms with Gasteiger partial charge in [-0.15, -0.1) is 0 Å². The summed E-state index contributed by atoms with van der Waals surface area (Å²) in [5.74, 6) is -0.181. The number of carbonyl (C=O) groups excluding carboxylic acids is 2. The molecule has 0 atom stereocenters. The second kappa shape index (κ2) is 8.59. The SMILES string of the molecule is O=C(Nc1ccc(C(=O)N2CCCC2)cc1)c1cc(-c2ccncc2)nc2ccccc12. The van der Waals surface area contributed by atoms with Crippen molar-refractivity contribution in [1.82, 2.24) is 14.9 Å². The van der Waals surface area contributed by atoms with E-state index in [0.717, 1.165) is 42.4 Å². The molecule has 3 heterocycles. The lowest BCUT2D eigenvalue weighted by atomic mass is 10.0. The summed E-state index contributed by atoms with van der Waals surface area (Å²) in [6.07, 6.45) is 5.52. The Kier molecular flexibility index (Phi) is 5.34. The van der Waals surface area contributed by atoms with Crippen LogP contribution in [0.1, 0.15) is 33.6 Å². The van der Waals surface area contributed by atoms with Crippen LogP contribution in [0.15, 0.2) is 79.1 Å². The number of aromatic nitrogens is 2. The van der Waals surface area contributed by atoms with Crippen molar-refractivity contribution in [2.75, 3.05) is 18.4 Å². The summed E-state index contributed by atoms with van der Waals surface area (Å²) >= 11 is 0. The van der Waals surface area contributed by atoms with Crippen molar-refractivity contribution in [2.45, 2.75) is 12.8 Å². The molecule has 2 aromatic heterocycles. The van der Waals surface area contributed by atoms with Gasteiger partial charge in [0.2, 0.25) is 0 Å². The van der Waals surface area contributed by atoms with Gasteiger partial charge in [-0.1, -0.05) is 18.2 Å². The third-order valence-corrected chi connectivity index (χ3v) is 5.72. The molecule has 0 spiro atoms. The highest BCUT2D eigenvalue weighted by atomic mass is 16.2. The molecule has 1 fully saturated rings. The lowest BCUT2D eigenvalue weighted by Gasteiger charge is -2.15. The minimum Gasteiger partial charge on any atom is -0.339 e. The lowest BCUT2D eigenvalue weighted by molar-refractivity contribution is 0.0792. The summed E-state index contributed by atoms with van der Waals surface area (Å²) in [5, 5.41) is 3.74. The molecule has 1 aliphatic heterocycles. The van der Waals surface area contributed by atoms with Crippen LogP contribution < -0.4 is 5.32 Å². The number of pyridine rings is 2. The van der Waals surface area contributed by atoms with Crippen LogP contribution in [0.4, 0.5) is 5.69 Å². The van der Waals surface area contributed by atoms with E-state index >= 15 is 0 Å². The topological polar surface area (TPSA) is 75.2 Å². The number of hydrogen-bond acceptors (Lipinski definition) is 4. The molecule has 5 rings (SSSR count). The minimum atomic E-state index is -0.225. The molecule has 32 heavy (non-hydrogen) atoms. The Hall–Kier alpha value is -4.06. The van der Waals surface area contributed by atoms with E-state index in [2.05, 4.69) is 10.3 Å². The van der Waals surface area contributed by atoms with Crippen LogP contribution in [-0.2, 0) is 0 Å². The molecule has 2 aromatic carbocycles. The number of hydrogen-bond donors (Lipinski definition) is 1. The molecule has 0 aliphatic carbocycles. The van der Waals surface area contributed by atoms with Gasteiger partial charge in [0.15, 0.2) is 0 Å². The van der Waals surface area contributed by atoms with Gasteiger partial charge in [-0.3, -0.25) is 14.6 Å². The molecular formula is C26H22N4O2. The average molecular weight is 422 g/mol. The Morgan fingerprint density at radius 1 is 0.875 bits per heavy atom. The van der Waals surface area contributed by atoms with Gasteiger partial charge < -0.3 is 10.2 Å². The van der Waals surface area contributed by atoms with Crippen LogP contribution in [0.25, 0.3) is 22.2 Å². The normalized spacial score (nSPS) is 13.3. The van der Waals surface area contributed by atoms with Crippen LogP contribution >= 0.6 is 0 Å². The number of benzene rings is 2. The fraction of sp³-hybridized carbons (Fsp3) is 0.154. The first-order chi connectivity index (χ1) is 15.7. The van der Waals surface area contributed by atoms with Crippen molar-refractivity contribution in [2.24, 2.45) is 0 Å². The van der Waals surface area contributed by atoms with Gasteiger partial charge in [0.05, 0.1) is 16.8 Å². The molecule has 6 nitrogen and oxygen atoms in total. The monoisotopic (exact) mass is 422 g/mol. The Balaban J connectivity index is 1.43. The Morgan fingerprint density at radius 3 is 2.34 bits per heavy atom. The molecule has 1 saturated heterocycles. The summed E-state index contributed by atoms with van der Waals surface area (Å²) in [6, 6.07) is 20.2. The minimum absolute atomic E-state index is 0.0440. The van der Waals surface area contributed by atoms with E-state index in [9.17, 15) is 9.59 Å². The molecule has 2 amide bonds. The van der Waals surface area contributed by atoms with Crippen molar-refractivity contribution < 1.29 is 9.59 Å². The summed E-state index contributed by atoms with van der Waals surface area (Å²) in [6.45, 7) is 1.62. The first-order valence-electron chi connectivity index (χ1n) is 10.7. The standard InChI is InChI=1S/C26H22N4O2/c31-25(28-20-9-7-19(8-10-20)26(32)30-15-3-4-16-30)22-17-24(18-11-13-27-14-12-18)29-23-6-2-1-5-21(22)23/h1-2,5-14,17H,3-4,15-16H2,(H,28,31). The fourth-order valence-corrected chi connectivity index (χ4v) is 4.03. The van der Waals surface area contributed by atoms with E-state index < -0.39 is 0 Å². The molecule has 0 bridgehead atoms. The van der Waals surface area contributed by atoms with E-state index in [1.807, 2.05) is 41.3 Å². The number of carbonyl (C=O) groups is 2. The number of nitrogens with one attached hydrogen (secondary N) is 1.